The number of carbonyl (C=O) groups excluding carboxylic acids is 5. The minimum absolute atomic E-state index is 0.0121. The second-order valence-corrected chi connectivity index (χ2v) is 37.7. The van der Waals surface area contributed by atoms with Crippen LogP contribution in [0, 0.1) is 34.6 Å². The summed E-state index contributed by atoms with van der Waals surface area (Å²) in [6.07, 6.45) is 32.8. The molecule has 0 aliphatic carbocycles. The van der Waals surface area contributed by atoms with Crippen molar-refractivity contribution in [2.24, 2.45) is 0 Å². The summed E-state index contributed by atoms with van der Waals surface area (Å²) in [4.78, 5) is 119. The number of oxazole rings is 5. The molecule has 0 spiro atoms. The molecule has 6 aliphatic rings. The highest BCUT2D eigenvalue weighted by Gasteiger charge is 2.42. The third-order valence-corrected chi connectivity index (χ3v) is 28.3. The van der Waals surface area contributed by atoms with Gasteiger partial charge >= 0.3 is 0 Å². The highest BCUT2D eigenvalue weighted by molar-refractivity contribution is 5.98. The molecule has 720 valence electrons. The summed E-state index contributed by atoms with van der Waals surface area (Å²) in [5.74, 6) is 3.34. The lowest BCUT2D eigenvalue weighted by molar-refractivity contribution is -0.00752. The number of rotatable bonds is 12. The average Bonchev–Trinajstić information content (AvgIpc) is 1.58. The smallest absolute Gasteiger partial charge is 0.273 e. The van der Waals surface area contributed by atoms with Gasteiger partial charge in [-0.25, -0.2) is 49.8 Å². The van der Waals surface area contributed by atoms with Crippen LogP contribution in [0.4, 0.5) is 0 Å². The first kappa shape index (κ1) is 89.3. The fourth-order valence-electron chi connectivity index (χ4n) is 20.8. The number of amides is 5. The predicted molar refractivity (Wildman–Crippen MR) is 537 cm³/mol. The largest absolute Gasteiger partial charge is 0.441 e. The molecule has 6 fully saturated rings. The van der Waals surface area contributed by atoms with Gasteiger partial charge < -0.3 is 51.3 Å². The summed E-state index contributed by atoms with van der Waals surface area (Å²) < 4.78 is 46.7. The van der Waals surface area contributed by atoms with Gasteiger partial charge in [-0.3, -0.25) is 55.3 Å². The molecule has 0 saturated carbocycles. The lowest BCUT2D eigenvalue weighted by Crippen LogP contribution is -2.51. The predicted octanol–water partition coefficient (Wildman–Crippen LogP) is 18.7. The number of benzene rings is 5. The minimum Gasteiger partial charge on any atom is -0.441 e. The van der Waals surface area contributed by atoms with E-state index < -0.39 is 0 Å². The molecule has 0 N–H and O–H groups in total. The molecule has 17 aromatic heterocycles. The van der Waals surface area contributed by atoms with Gasteiger partial charge in [0.25, 0.3) is 29.5 Å². The summed E-state index contributed by atoms with van der Waals surface area (Å²) in [6, 6.07) is 54.6. The molecular weight excluding hydrogens is 1820 g/mol. The van der Waals surface area contributed by atoms with Gasteiger partial charge in [0.2, 0.25) is 0 Å². The van der Waals surface area contributed by atoms with Crippen LogP contribution in [0.5, 0.6) is 0 Å². The highest BCUT2D eigenvalue weighted by atomic mass is 16.5. The summed E-state index contributed by atoms with van der Waals surface area (Å²) in [5, 5.41) is 8.58. The normalized spacial score (nSPS) is 17.4. The van der Waals surface area contributed by atoms with Crippen LogP contribution in [0.2, 0.25) is 0 Å². The molecule has 2 bridgehead atoms. The molecule has 5 atom stereocenters. The first-order chi connectivity index (χ1) is 70.2. The molecule has 144 heavy (non-hydrogen) atoms. The zero-order valence-corrected chi connectivity index (χ0v) is 80.0. The number of aryl methyl sites for hydroxylation is 5. The fourth-order valence-corrected chi connectivity index (χ4v) is 20.8. The SMILES string of the molecule is Cc1nc2cc(-c3ccc4ncc(C(=O)N5C6CCC5COC6)n4c3)ccc2o1.Cc1nc2cc(-c3ccc4ncc(C(=O)N5CC(n6cccn6)C5)n4c3)ccc2o1.Cc1nc2cc(-c3ccc4ncc(C(=O)N5CCC[C@@H]5C)n4c3)ccc2o1.Cc1nc2cc(-c3ccc4ncc(C(=O)N5CCC[C@H]5C)n4c3)ccc2o1.Cc1nc2cc(-c3ccc4ncc(C(=O)N5CC[C@H](n6cccn6)C5)n4c3)ccc2o1. The van der Waals surface area contributed by atoms with Gasteiger partial charge in [0.15, 0.2) is 57.4 Å². The lowest BCUT2D eigenvalue weighted by Gasteiger charge is -2.38. The second-order valence-electron chi connectivity index (χ2n) is 37.7. The number of imidazole rings is 5. The average molecular weight is 1920 g/mol. The maximum absolute atomic E-state index is 13.3. The maximum atomic E-state index is 13.3. The van der Waals surface area contributed by atoms with Crippen molar-refractivity contribution in [3.63, 3.8) is 0 Å². The number of ether oxygens (including phenoxy) is 1. The van der Waals surface area contributed by atoms with Crippen molar-refractivity contribution >= 4 is 113 Å². The number of carbonyl (C=O) groups is 5. The Balaban J connectivity index is 0.0000000969. The van der Waals surface area contributed by atoms with E-state index in [1.165, 1.54) is 0 Å². The summed E-state index contributed by atoms with van der Waals surface area (Å²) in [6.45, 7) is 18.9. The first-order valence-electron chi connectivity index (χ1n) is 48.5. The molecule has 6 saturated heterocycles. The molecule has 2 unspecified atom stereocenters. The van der Waals surface area contributed by atoms with Gasteiger partial charge in [0.05, 0.1) is 68.4 Å². The molecular formula is C109H98N24O11. The minimum atomic E-state index is -0.0226. The topological polar surface area (TPSA) is 363 Å². The van der Waals surface area contributed by atoms with Crippen LogP contribution in [0.3, 0.4) is 0 Å². The van der Waals surface area contributed by atoms with Crippen molar-refractivity contribution in [2.75, 3.05) is 52.5 Å². The van der Waals surface area contributed by atoms with Crippen molar-refractivity contribution in [3.8, 4) is 55.6 Å². The van der Waals surface area contributed by atoms with E-state index in [1.807, 2.05) is 298 Å². The van der Waals surface area contributed by atoms with E-state index >= 15 is 0 Å². The highest BCUT2D eigenvalue weighted by Crippen LogP contribution is 2.38. The summed E-state index contributed by atoms with van der Waals surface area (Å²) in [5.41, 5.74) is 24.8. The zero-order valence-electron chi connectivity index (χ0n) is 80.0. The number of nitrogens with zero attached hydrogens (tertiary/aromatic N) is 24. The van der Waals surface area contributed by atoms with Gasteiger partial charge in [0, 0.05) is 142 Å². The van der Waals surface area contributed by atoms with E-state index in [1.54, 1.807) is 43.4 Å². The van der Waals surface area contributed by atoms with Crippen LogP contribution in [-0.2, 0) is 4.74 Å². The van der Waals surface area contributed by atoms with Crippen LogP contribution >= 0.6 is 0 Å². The number of pyridine rings is 5. The number of aromatic nitrogens is 19. The van der Waals surface area contributed by atoms with Gasteiger partial charge in [-0.05, 0) is 248 Å². The van der Waals surface area contributed by atoms with Crippen molar-refractivity contribution in [3.05, 3.63) is 308 Å². The van der Waals surface area contributed by atoms with Crippen LogP contribution in [0.15, 0.2) is 273 Å². The van der Waals surface area contributed by atoms with Crippen LogP contribution in [-0.4, -0.2) is 222 Å². The second kappa shape index (κ2) is 36.7. The maximum Gasteiger partial charge on any atom is 0.273 e. The van der Waals surface area contributed by atoms with E-state index in [9.17, 15) is 24.0 Å². The Morgan fingerprint density at radius 2 is 0.597 bits per heavy atom. The van der Waals surface area contributed by atoms with Crippen molar-refractivity contribution < 1.29 is 50.8 Å². The Kier molecular flexibility index (Phi) is 22.7. The van der Waals surface area contributed by atoms with E-state index in [-0.39, 0.29) is 65.8 Å². The molecule has 28 rings (SSSR count). The summed E-state index contributed by atoms with van der Waals surface area (Å²) in [7, 11) is 0. The van der Waals surface area contributed by atoms with E-state index in [4.69, 9.17) is 26.8 Å². The number of likely N-dealkylation sites (tertiary alicyclic amines) is 4. The molecule has 0 radical (unpaired) electrons. The standard InChI is InChI=1S/C23H20N6O2.C22H18N6O2.C22H20N4O3.2C21H20N4O2/c1-15-26-19-11-16(3-5-21(19)31-15)17-4-6-22-24-12-20(28(22)13-17)23(30)27-10-7-18(14-27)29-9-2-8-25-29;1-14-25-18-9-15(3-5-20(18)30-14)16-4-6-21-23-10-19(27(21)11-16)22(29)26-12-17(13-26)28-8-2-7-24-28;1-13-24-18-8-14(2-6-20(18)29-13)15-3-7-21-23-9-19(25(21)10-15)22(27)26-16-4-5-17(26)12-28-11-16;2*1-13-4-3-9-24(13)21(26)18-11-22-20-8-6-16(12-25(18)20)15-5-7-19-17(10-15)23-14(2)27-19/h2-6,8-9,11-13,18H,7,10,14H2,1H3;2-11,17H,12-13H2,1H3;2-3,6-10,16-17H,4-5,11-12H2,1H3;2*5-8,10-13H,3-4,9H2,1-2H3/t18-;;;2*13-/m0..10/s1. The molecule has 5 amide bonds. The quantitative estimate of drug-likeness (QED) is 0.110. The van der Waals surface area contributed by atoms with Gasteiger partial charge in [-0.1, -0.05) is 30.3 Å². The molecule has 5 aromatic carbocycles. The van der Waals surface area contributed by atoms with Crippen LogP contribution in [0.25, 0.3) is 139 Å². The van der Waals surface area contributed by atoms with Crippen molar-refractivity contribution in [2.45, 2.75) is 130 Å². The first-order valence-corrected chi connectivity index (χ1v) is 48.5. The fraction of sp³-hybridized carbons (Fsp3) is 0.257. The van der Waals surface area contributed by atoms with Gasteiger partial charge in [-0.2, -0.15) is 10.2 Å². The molecule has 6 aliphatic heterocycles. The molecule has 35 nitrogen and oxygen atoms in total. The van der Waals surface area contributed by atoms with Crippen molar-refractivity contribution in [1.82, 2.24) is 116 Å². The Labute approximate surface area is 821 Å². The molecule has 35 heteroatoms. The Hall–Kier alpha value is -17.4. The van der Waals surface area contributed by atoms with Crippen LogP contribution < -0.4 is 0 Å². The van der Waals surface area contributed by atoms with Gasteiger partial charge in [-0.15, -0.1) is 0 Å². The summed E-state index contributed by atoms with van der Waals surface area (Å²) >= 11 is 0. The Morgan fingerprint density at radius 3 is 0.903 bits per heavy atom. The van der Waals surface area contributed by atoms with Gasteiger partial charge in [0.1, 0.15) is 84.3 Å². The third-order valence-electron chi connectivity index (χ3n) is 28.3. The van der Waals surface area contributed by atoms with E-state index in [2.05, 4.69) is 73.9 Å². The zero-order chi connectivity index (χ0) is 97.8. The number of fused-ring (bicyclic) bond motifs is 12. The Bertz CT molecular complexity index is 8530. The number of morpholine rings is 1. The lowest BCUT2D eigenvalue weighted by atomic mass is 10.1. The molecule has 22 aromatic rings. The third kappa shape index (κ3) is 16.9. The monoisotopic (exact) mass is 1920 g/mol. The van der Waals surface area contributed by atoms with E-state index in [0.717, 1.165) is 197 Å². The van der Waals surface area contributed by atoms with Crippen LogP contribution in [0.1, 0.15) is 153 Å². The van der Waals surface area contributed by atoms with E-state index in [0.29, 0.717) is 97.3 Å². The number of hydrogen-bond donors (Lipinski definition) is 0. The number of hydrogen-bond acceptors (Lipinski definition) is 23. The molecule has 23 heterocycles. The van der Waals surface area contributed by atoms with Crippen molar-refractivity contribution in [1.29, 1.82) is 0 Å². The Morgan fingerprint density at radius 1 is 0.306 bits per heavy atom.